The first-order chi connectivity index (χ1) is 14.1. The number of hydrogen-bond acceptors (Lipinski definition) is 8. The monoisotopic (exact) mass is 446 g/mol. The Kier molecular flexibility index (Phi) is 5.93. The molecule has 0 radical (unpaired) electrons. The standard InChI is InChI=1S/C18H15ClN6O2S2/c19-12-5-3-11(4-6-12)17-23-21-15(27-17)10-29-18-24-22-16(13-2-1-9-28-13)25(18)8-7-14(20)26/h1-6,9H,7-8,10H2,(H2,20,26). The summed E-state index contributed by atoms with van der Waals surface area (Å²) < 4.78 is 7.62. The Bertz CT molecular complexity index is 1110. The number of halogens is 1. The molecule has 0 atom stereocenters. The van der Waals surface area contributed by atoms with Gasteiger partial charge in [0.15, 0.2) is 11.0 Å². The zero-order chi connectivity index (χ0) is 20.2. The lowest BCUT2D eigenvalue weighted by atomic mass is 10.2. The summed E-state index contributed by atoms with van der Waals surface area (Å²) in [6.07, 6.45) is 0.200. The third-order valence-corrected chi connectivity index (χ3v) is 5.99. The van der Waals surface area contributed by atoms with Gasteiger partial charge >= 0.3 is 0 Å². The summed E-state index contributed by atoms with van der Waals surface area (Å²) in [5.74, 6) is 1.63. The van der Waals surface area contributed by atoms with Crippen molar-refractivity contribution in [3.63, 3.8) is 0 Å². The average molecular weight is 447 g/mol. The lowest BCUT2D eigenvalue weighted by molar-refractivity contribution is -0.118. The molecule has 0 aliphatic rings. The topological polar surface area (TPSA) is 113 Å². The van der Waals surface area contributed by atoms with E-state index in [4.69, 9.17) is 21.8 Å². The molecule has 0 fully saturated rings. The van der Waals surface area contributed by atoms with Crippen LogP contribution in [0.5, 0.6) is 0 Å². The number of hydrogen-bond donors (Lipinski definition) is 1. The number of primary amides is 1. The van der Waals surface area contributed by atoms with Crippen LogP contribution < -0.4 is 5.73 Å². The van der Waals surface area contributed by atoms with Crippen molar-refractivity contribution < 1.29 is 9.21 Å². The molecule has 1 amide bonds. The highest BCUT2D eigenvalue weighted by Crippen LogP contribution is 2.29. The van der Waals surface area contributed by atoms with Crippen LogP contribution in [0, 0.1) is 0 Å². The number of aromatic nitrogens is 5. The van der Waals surface area contributed by atoms with E-state index < -0.39 is 0 Å². The van der Waals surface area contributed by atoms with Crippen LogP contribution in [-0.2, 0) is 17.1 Å². The first kappa shape index (κ1) is 19.6. The van der Waals surface area contributed by atoms with Crippen molar-refractivity contribution in [2.75, 3.05) is 0 Å². The molecule has 0 bridgehead atoms. The minimum absolute atomic E-state index is 0.200. The number of thiophene rings is 1. The van der Waals surface area contributed by atoms with E-state index in [1.54, 1.807) is 23.5 Å². The van der Waals surface area contributed by atoms with Crippen LogP contribution in [0.2, 0.25) is 5.02 Å². The number of carbonyl (C=O) groups excluding carboxylic acids is 1. The molecule has 1 aromatic carbocycles. The van der Waals surface area contributed by atoms with E-state index in [9.17, 15) is 4.79 Å². The number of carbonyl (C=O) groups is 1. The van der Waals surface area contributed by atoms with Crippen LogP contribution in [0.1, 0.15) is 12.3 Å². The normalized spacial score (nSPS) is 11.1. The quantitative estimate of drug-likeness (QED) is 0.408. The fraction of sp³-hybridized carbons (Fsp3) is 0.167. The van der Waals surface area contributed by atoms with Crippen LogP contribution in [0.4, 0.5) is 0 Å². The van der Waals surface area contributed by atoms with Crippen molar-refractivity contribution >= 4 is 40.6 Å². The molecule has 0 unspecified atom stereocenters. The van der Waals surface area contributed by atoms with Crippen molar-refractivity contribution in [2.24, 2.45) is 5.73 Å². The van der Waals surface area contributed by atoms with Gasteiger partial charge in [-0.25, -0.2) is 0 Å². The predicted molar refractivity (Wildman–Crippen MR) is 111 cm³/mol. The van der Waals surface area contributed by atoms with Gasteiger partial charge in [0.05, 0.1) is 10.6 Å². The van der Waals surface area contributed by atoms with Gasteiger partial charge in [-0.1, -0.05) is 29.4 Å². The molecule has 3 aromatic heterocycles. The van der Waals surface area contributed by atoms with Gasteiger partial charge in [-0.2, -0.15) is 0 Å². The summed E-state index contributed by atoms with van der Waals surface area (Å²) in [7, 11) is 0. The predicted octanol–water partition coefficient (Wildman–Crippen LogP) is 3.88. The Morgan fingerprint density at radius 1 is 1.17 bits per heavy atom. The van der Waals surface area contributed by atoms with E-state index >= 15 is 0 Å². The number of nitrogens with two attached hydrogens (primary N) is 1. The van der Waals surface area contributed by atoms with Crippen molar-refractivity contribution in [1.82, 2.24) is 25.0 Å². The fourth-order valence-electron chi connectivity index (χ4n) is 2.55. The van der Waals surface area contributed by atoms with Gasteiger partial charge in [-0.05, 0) is 35.7 Å². The second-order valence-corrected chi connectivity index (χ2v) is 8.27. The van der Waals surface area contributed by atoms with E-state index in [1.807, 2.05) is 34.2 Å². The summed E-state index contributed by atoms with van der Waals surface area (Å²) in [6, 6.07) is 11.1. The smallest absolute Gasteiger partial charge is 0.247 e. The molecule has 0 saturated carbocycles. The fourth-order valence-corrected chi connectivity index (χ4v) is 4.20. The van der Waals surface area contributed by atoms with Crippen molar-refractivity contribution in [2.45, 2.75) is 23.9 Å². The highest BCUT2D eigenvalue weighted by atomic mass is 35.5. The number of amides is 1. The van der Waals surface area contributed by atoms with Gasteiger partial charge in [0.2, 0.25) is 17.7 Å². The molecular formula is C18H15ClN6O2S2. The van der Waals surface area contributed by atoms with Gasteiger partial charge in [0, 0.05) is 23.6 Å². The van der Waals surface area contributed by atoms with Crippen molar-refractivity contribution in [3.8, 4) is 22.2 Å². The molecule has 0 saturated heterocycles. The SMILES string of the molecule is NC(=O)CCn1c(SCc2nnc(-c3ccc(Cl)cc3)o2)nnc1-c1cccs1. The molecule has 11 heteroatoms. The van der Waals surface area contributed by atoms with E-state index in [0.29, 0.717) is 40.1 Å². The summed E-state index contributed by atoms with van der Waals surface area (Å²) in [5, 5.41) is 20.0. The van der Waals surface area contributed by atoms with E-state index in [1.165, 1.54) is 11.8 Å². The number of benzene rings is 1. The Morgan fingerprint density at radius 2 is 2.00 bits per heavy atom. The maximum Gasteiger partial charge on any atom is 0.247 e. The second kappa shape index (κ2) is 8.76. The lowest BCUT2D eigenvalue weighted by Crippen LogP contribution is -2.14. The highest BCUT2D eigenvalue weighted by molar-refractivity contribution is 7.98. The van der Waals surface area contributed by atoms with Crippen LogP contribution in [0.15, 0.2) is 51.4 Å². The molecule has 4 rings (SSSR count). The van der Waals surface area contributed by atoms with Gasteiger partial charge in [-0.15, -0.1) is 31.7 Å². The average Bonchev–Trinajstić information content (AvgIpc) is 3.45. The molecule has 148 valence electrons. The first-order valence-electron chi connectivity index (χ1n) is 8.56. The van der Waals surface area contributed by atoms with Gasteiger partial charge < -0.3 is 14.7 Å². The van der Waals surface area contributed by atoms with Crippen LogP contribution in [-0.4, -0.2) is 30.9 Å². The largest absolute Gasteiger partial charge is 0.420 e. The lowest BCUT2D eigenvalue weighted by Gasteiger charge is -2.07. The summed E-state index contributed by atoms with van der Waals surface area (Å²) in [6.45, 7) is 0.401. The van der Waals surface area contributed by atoms with Crippen molar-refractivity contribution in [3.05, 3.63) is 52.7 Å². The number of nitrogens with zero attached hydrogens (tertiary/aromatic N) is 5. The molecule has 4 aromatic rings. The zero-order valence-electron chi connectivity index (χ0n) is 15.0. The molecule has 2 N–H and O–H groups in total. The zero-order valence-corrected chi connectivity index (χ0v) is 17.4. The summed E-state index contributed by atoms with van der Waals surface area (Å²) >= 11 is 8.87. The number of rotatable bonds is 8. The molecule has 0 aliphatic carbocycles. The third kappa shape index (κ3) is 4.66. The van der Waals surface area contributed by atoms with E-state index in [0.717, 1.165) is 10.4 Å². The molecule has 3 heterocycles. The third-order valence-electron chi connectivity index (χ3n) is 3.92. The highest BCUT2D eigenvalue weighted by Gasteiger charge is 2.17. The summed E-state index contributed by atoms with van der Waals surface area (Å²) in [5.41, 5.74) is 6.12. The molecule has 0 aliphatic heterocycles. The molecular weight excluding hydrogens is 432 g/mol. The van der Waals surface area contributed by atoms with Gasteiger partial charge in [0.1, 0.15) is 0 Å². The van der Waals surface area contributed by atoms with Crippen LogP contribution >= 0.6 is 34.7 Å². The van der Waals surface area contributed by atoms with E-state index in [-0.39, 0.29) is 12.3 Å². The Morgan fingerprint density at radius 3 is 2.72 bits per heavy atom. The maximum atomic E-state index is 11.3. The second-order valence-electron chi connectivity index (χ2n) is 5.95. The molecule has 29 heavy (non-hydrogen) atoms. The minimum Gasteiger partial charge on any atom is -0.420 e. The minimum atomic E-state index is -0.378. The maximum absolute atomic E-state index is 11.3. The summed E-state index contributed by atoms with van der Waals surface area (Å²) in [4.78, 5) is 12.2. The first-order valence-corrected chi connectivity index (χ1v) is 10.8. The van der Waals surface area contributed by atoms with Crippen molar-refractivity contribution in [1.29, 1.82) is 0 Å². The van der Waals surface area contributed by atoms with Crippen LogP contribution in [0.3, 0.4) is 0 Å². The van der Waals surface area contributed by atoms with Crippen LogP contribution in [0.25, 0.3) is 22.2 Å². The molecule has 0 spiro atoms. The van der Waals surface area contributed by atoms with E-state index in [2.05, 4.69) is 20.4 Å². The van der Waals surface area contributed by atoms with Gasteiger partial charge in [0.25, 0.3) is 0 Å². The Hall–Kier alpha value is -2.69. The Labute approximate surface area is 179 Å². The molecule has 8 nitrogen and oxygen atoms in total. The number of thioether (sulfide) groups is 1. The van der Waals surface area contributed by atoms with Gasteiger partial charge in [-0.3, -0.25) is 4.79 Å². The Balaban J connectivity index is 1.51.